The molecule has 1 atom stereocenters. The Hall–Kier alpha value is -3.84. The van der Waals surface area contributed by atoms with Crippen LogP contribution in [0.2, 0.25) is 0 Å². The van der Waals surface area contributed by atoms with Gasteiger partial charge in [-0.1, -0.05) is 24.3 Å². The second-order valence-corrected chi connectivity index (χ2v) is 6.83. The van der Waals surface area contributed by atoms with Gasteiger partial charge in [-0.15, -0.1) is 0 Å². The molecule has 0 radical (unpaired) electrons. The number of fused-ring (bicyclic) bond motifs is 1. The Bertz CT molecular complexity index is 1260. The lowest BCUT2D eigenvalue weighted by Crippen LogP contribution is -2.18. The van der Waals surface area contributed by atoms with Crippen LogP contribution < -0.4 is 5.73 Å². The van der Waals surface area contributed by atoms with Crippen LogP contribution in [-0.2, 0) is 6.42 Å². The van der Waals surface area contributed by atoms with Crippen LogP contribution >= 0.6 is 0 Å². The van der Waals surface area contributed by atoms with E-state index in [9.17, 15) is 0 Å². The van der Waals surface area contributed by atoms with E-state index in [4.69, 9.17) is 10.7 Å². The molecule has 3 N–H and O–H groups in total. The maximum Gasteiger partial charge on any atom is 0.0884 e. The summed E-state index contributed by atoms with van der Waals surface area (Å²) in [4.78, 5) is 9.31. The first kappa shape index (κ1) is 17.3. The molecular weight excluding hydrogens is 362 g/mol. The summed E-state index contributed by atoms with van der Waals surface area (Å²) in [7, 11) is 0. The van der Waals surface area contributed by atoms with Crippen LogP contribution in [0.3, 0.4) is 0 Å². The Morgan fingerprint density at radius 3 is 2.83 bits per heavy atom. The zero-order valence-electron chi connectivity index (χ0n) is 15.6. The fourth-order valence-corrected chi connectivity index (χ4v) is 3.50. The molecule has 4 heterocycles. The van der Waals surface area contributed by atoms with Crippen molar-refractivity contribution in [3.8, 4) is 16.9 Å². The van der Waals surface area contributed by atoms with Gasteiger partial charge in [0.05, 0.1) is 41.0 Å². The Morgan fingerprint density at radius 2 is 1.93 bits per heavy atom. The molecular formula is C22H19N7. The number of nitrogens with two attached hydrogens (primary N) is 1. The second-order valence-electron chi connectivity index (χ2n) is 6.83. The molecule has 29 heavy (non-hydrogen) atoms. The lowest BCUT2D eigenvalue weighted by Gasteiger charge is -2.16. The lowest BCUT2D eigenvalue weighted by molar-refractivity contribution is 0.673. The molecule has 0 fully saturated rings. The number of nitrogens with zero attached hydrogens (tertiary/aromatic N) is 5. The van der Waals surface area contributed by atoms with Gasteiger partial charge in [-0.2, -0.15) is 10.2 Å². The van der Waals surface area contributed by atoms with E-state index < -0.39 is 0 Å². The monoisotopic (exact) mass is 381 g/mol. The Labute approximate surface area is 167 Å². The molecule has 0 spiro atoms. The molecule has 4 aromatic heterocycles. The van der Waals surface area contributed by atoms with Crippen molar-refractivity contribution in [2.24, 2.45) is 5.73 Å². The summed E-state index contributed by atoms with van der Waals surface area (Å²) in [5, 5.41) is 12.4. The Morgan fingerprint density at radius 1 is 1.00 bits per heavy atom. The topological polar surface area (TPSA) is 98.3 Å². The summed E-state index contributed by atoms with van der Waals surface area (Å²) >= 11 is 0. The van der Waals surface area contributed by atoms with Gasteiger partial charge in [0.15, 0.2) is 0 Å². The Balaban J connectivity index is 1.49. The highest BCUT2D eigenvalue weighted by atomic mass is 15.3. The molecule has 0 saturated carbocycles. The third-order valence-electron chi connectivity index (χ3n) is 4.90. The van der Waals surface area contributed by atoms with Crippen molar-refractivity contribution >= 4 is 10.9 Å². The number of nitrogens with one attached hydrogen (secondary N) is 1. The summed E-state index contributed by atoms with van der Waals surface area (Å²) in [5.74, 6) is 0. The minimum atomic E-state index is -0.318. The number of aromatic amines is 1. The molecule has 1 aromatic carbocycles. The summed E-state index contributed by atoms with van der Waals surface area (Å²) in [6.45, 7) is 0. The van der Waals surface area contributed by atoms with E-state index in [1.54, 1.807) is 12.4 Å². The van der Waals surface area contributed by atoms with Crippen LogP contribution in [0.5, 0.6) is 0 Å². The van der Waals surface area contributed by atoms with E-state index >= 15 is 0 Å². The highest BCUT2D eigenvalue weighted by Crippen LogP contribution is 2.25. The Kier molecular flexibility index (Phi) is 4.34. The van der Waals surface area contributed by atoms with Gasteiger partial charge in [-0.25, -0.2) is 4.68 Å². The molecule has 142 valence electrons. The molecule has 0 aliphatic carbocycles. The van der Waals surface area contributed by atoms with Gasteiger partial charge in [-0.3, -0.25) is 15.1 Å². The van der Waals surface area contributed by atoms with E-state index in [1.165, 1.54) is 0 Å². The summed E-state index contributed by atoms with van der Waals surface area (Å²) < 4.78 is 1.90. The number of benzene rings is 1. The molecule has 1 unspecified atom stereocenters. The lowest BCUT2D eigenvalue weighted by atomic mass is 10.1. The predicted octanol–water partition coefficient (Wildman–Crippen LogP) is 3.45. The van der Waals surface area contributed by atoms with Crippen molar-refractivity contribution in [3.63, 3.8) is 0 Å². The van der Waals surface area contributed by atoms with Gasteiger partial charge in [0.25, 0.3) is 0 Å². The van der Waals surface area contributed by atoms with Gasteiger partial charge < -0.3 is 5.73 Å². The van der Waals surface area contributed by atoms with Gasteiger partial charge >= 0.3 is 0 Å². The molecule has 0 aliphatic heterocycles. The fraction of sp³-hybridized carbons (Fsp3) is 0.0909. The first-order chi connectivity index (χ1) is 14.3. The average Bonchev–Trinajstić information content (AvgIpc) is 3.44. The second kappa shape index (κ2) is 7.29. The summed E-state index contributed by atoms with van der Waals surface area (Å²) in [5.41, 5.74) is 12.0. The fourth-order valence-electron chi connectivity index (χ4n) is 3.50. The van der Waals surface area contributed by atoms with Crippen molar-refractivity contribution < 1.29 is 0 Å². The highest BCUT2D eigenvalue weighted by molar-refractivity contribution is 5.80. The zero-order valence-corrected chi connectivity index (χ0v) is 15.6. The van der Waals surface area contributed by atoms with Crippen LogP contribution in [0, 0.1) is 0 Å². The molecule has 7 nitrogen and oxygen atoms in total. The smallest absolute Gasteiger partial charge is 0.0884 e. The maximum absolute atomic E-state index is 6.58. The molecule has 7 heteroatoms. The molecule has 5 aromatic rings. The first-order valence-corrected chi connectivity index (χ1v) is 9.38. The number of rotatable bonds is 5. The van der Waals surface area contributed by atoms with E-state index in [0.717, 1.165) is 39.2 Å². The molecule has 5 rings (SSSR count). The maximum atomic E-state index is 6.58. The number of hydrogen-bond acceptors (Lipinski definition) is 5. The van der Waals surface area contributed by atoms with Gasteiger partial charge in [0, 0.05) is 35.5 Å². The van der Waals surface area contributed by atoms with E-state index in [1.807, 2.05) is 71.7 Å². The van der Waals surface area contributed by atoms with Gasteiger partial charge in [-0.05, 0) is 30.3 Å². The minimum Gasteiger partial charge on any atom is -0.322 e. The molecule has 0 saturated heterocycles. The van der Waals surface area contributed by atoms with Crippen LogP contribution in [-0.4, -0.2) is 29.9 Å². The molecule has 0 aliphatic rings. The van der Waals surface area contributed by atoms with Crippen molar-refractivity contribution in [2.45, 2.75) is 12.5 Å². The van der Waals surface area contributed by atoms with Gasteiger partial charge in [0.1, 0.15) is 0 Å². The van der Waals surface area contributed by atoms with Crippen LogP contribution in [0.4, 0.5) is 0 Å². The number of para-hydroxylation sites is 1. The standard InChI is InChI=1S/C22H19N7/c23-18(11-17-6-3-7-19(28-17)16-12-25-26-13-16)22-21(9-4-10-24-22)29-20-8-2-1-5-15(20)14-27-29/h1-10,12-14,18H,11,23H2,(H,25,26). The van der Waals surface area contributed by atoms with E-state index in [2.05, 4.69) is 20.3 Å². The van der Waals surface area contributed by atoms with E-state index in [0.29, 0.717) is 6.42 Å². The average molecular weight is 381 g/mol. The third-order valence-corrected chi connectivity index (χ3v) is 4.90. The van der Waals surface area contributed by atoms with Crippen LogP contribution in [0.15, 0.2) is 79.4 Å². The molecule has 0 amide bonds. The third kappa shape index (κ3) is 3.28. The highest BCUT2D eigenvalue weighted by Gasteiger charge is 2.17. The predicted molar refractivity (Wildman–Crippen MR) is 111 cm³/mol. The van der Waals surface area contributed by atoms with Crippen molar-refractivity contribution in [1.82, 2.24) is 29.9 Å². The number of H-pyrrole nitrogens is 1. The van der Waals surface area contributed by atoms with Crippen molar-refractivity contribution in [1.29, 1.82) is 0 Å². The van der Waals surface area contributed by atoms with Crippen molar-refractivity contribution in [3.05, 3.63) is 90.8 Å². The largest absolute Gasteiger partial charge is 0.322 e. The first-order valence-electron chi connectivity index (χ1n) is 9.38. The summed E-state index contributed by atoms with van der Waals surface area (Å²) in [6.07, 6.45) is 7.76. The quantitative estimate of drug-likeness (QED) is 0.486. The summed E-state index contributed by atoms with van der Waals surface area (Å²) in [6, 6.07) is 17.6. The number of hydrogen-bond donors (Lipinski definition) is 2. The number of pyridine rings is 2. The SMILES string of the molecule is NC(Cc1cccc(-c2cn[nH]c2)n1)c1ncccc1-n1ncc2ccccc21. The van der Waals surface area contributed by atoms with Crippen LogP contribution in [0.25, 0.3) is 27.8 Å². The van der Waals surface area contributed by atoms with Crippen LogP contribution in [0.1, 0.15) is 17.4 Å². The van der Waals surface area contributed by atoms with Gasteiger partial charge in [0.2, 0.25) is 0 Å². The molecule has 0 bridgehead atoms. The normalized spacial score (nSPS) is 12.3. The van der Waals surface area contributed by atoms with E-state index in [-0.39, 0.29) is 6.04 Å². The minimum absolute atomic E-state index is 0.318. The number of aromatic nitrogens is 6. The van der Waals surface area contributed by atoms with Crippen molar-refractivity contribution in [2.75, 3.05) is 0 Å². The zero-order chi connectivity index (χ0) is 19.6.